The van der Waals surface area contributed by atoms with E-state index in [2.05, 4.69) is 21.5 Å². The summed E-state index contributed by atoms with van der Waals surface area (Å²) < 4.78 is 1.10. The van der Waals surface area contributed by atoms with E-state index in [1.165, 1.54) is 30.5 Å². The fraction of sp³-hybridized carbons (Fsp3) is 0.118. The molecule has 3 aromatic rings. The van der Waals surface area contributed by atoms with Gasteiger partial charge in [-0.2, -0.15) is 10.4 Å². The van der Waals surface area contributed by atoms with Crippen molar-refractivity contribution in [2.75, 3.05) is 5.32 Å². The molecule has 1 amide bonds. The normalized spacial score (nSPS) is 10.2. The lowest BCUT2D eigenvalue weighted by Crippen LogP contribution is -2.23. The third kappa shape index (κ3) is 3.97. The van der Waals surface area contributed by atoms with Gasteiger partial charge in [-0.3, -0.25) is 14.9 Å². The van der Waals surface area contributed by atoms with Crippen LogP contribution in [0.15, 0.2) is 47.4 Å². The lowest BCUT2D eigenvalue weighted by molar-refractivity contribution is 0.102. The molecule has 2 heterocycles. The molecule has 0 aliphatic carbocycles. The number of aromatic nitrogens is 3. The Morgan fingerprint density at radius 2 is 2.20 bits per heavy atom. The number of benzene rings is 1. The largest absolute Gasteiger partial charge is 0.296 e. The molecule has 0 fully saturated rings. The van der Waals surface area contributed by atoms with E-state index >= 15 is 0 Å². The van der Waals surface area contributed by atoms with Crippen molar-refractivity contribution in [1.82, 2.24) is 14.8 Å². The summed E-state index contributed by atoms with van der Waals surface area (Å²) in [5.41, 5.74) is 1.46. The molecule has 0 saturated carbocycles. The minimum absolute atomic E-state index is 0.139. The first-order valence-corrected chi connectivity index (χ1v) is 8.16. The molecule has 0 bridgehead atoms. The van der Waals surface area contributed by atoms with Crippen LogP contribution in [0.5, 0.6) is 0 Å². The van der Waals surface area contributed by atoms with Crippen LogP contribution < -0.4 is 10.9 Å². The highest BCUT2D eigenvalue weighted by Crippen LogP contribution is 2.22. The number of carbonyl (C=O) groups is 1. The van der Waals surface area contributed by atoms with E-state index in [1.54, 1.807) is 12.3 Å². The van der Waals surface area contributed by atoms with Crippen molar-refractivity contribution in [1.29, 1.82) is 5.26 Å². The van der Waals surface area contributed by atoms with Gasteiger partial charge in [-0.15, -0.1) is 11.3 Å². The topological polar surface area (TPSA) is 101 Å². The molecule has 7 nitrogen and oxygen atoms in total. The van der Waals surface area contributed by atoms with Gasteiger partial charge in [0, 0.05) is 30.6 Å². The van der Waals surface area contributed by atoms with Gasteiger partial charge in [0.2, 0.25) is 0 Å². The second kappa shape index (κ2) is 7.07. The SMILES string of the molecule is Cn1nc(C(=O)Nc2ncc(Cc3cccc(C#N)c3)s2)ccc1=O. The van der Waals surface area contributed by atoms with Crippen molar-refractivity contribution >= 4 is 22.4 Å². The number of hydrogen-bond donors (Lipinski definition) is 1. The van der Waals surface area contributed by atoms with Gasteiger partial charge in [0.05, 0.1) is 11.6 Å². The average Bonchev–Trinajstić information content (AvgIpc) is 3.04. The van der Waals surface area contributed by atoms with Crippen molar-refractivity contribution in [2.24, 2.45) is 7.05 Å². The van der Waals surface area contributed by atoms with Gasteiger partial charge < -0.3 is 0 Å². The minimum Gasteiger partial charge on any atom is -0.296 e. The first-order chi connectivity index (χ1) is 12.0. The number of aryl methyl sites for hydroxylation is 1. The summed E-state index contributed by atoms with van der Waals surface area (Å²) in [6.45, 7) is 0. The maximum Gasteiger partial charge on any atom is 0.277 e. The number of nitriles is 1. The zero-order valence-electron chi connectivity index (χ0n) is 13.3. The van der Waals surface area contributed by atoms with Crippen LogP contribution in [0.25, 0.3) is 0 Å². The number of rotatable bonds is 4. The molecule has 0 atom stereocenters. The number of nitrogens with one attached hydrogen (secondary N) is 1. The minimum atomic E-state index is -0.428. The maximum atomic E-state index is 12.2. The molecule has 8 heteroatoms. The predicted molar refractivity (Wildman–Crippen MR) is 93.5 cm³/mol. The summed E-state index contributed by atoms with van der Waals surface area (Å²) in [7, 11) is 1.48. The molecule has 1 aromatic carbocycles. The predicted octanol–water partition coefficient (Wildman–Crippen LogP) is 1.95. The van der Waals surface area contributed by atoms with Gasteiger partial charge in [-0.25, -0.2) is 9.67 Å². The molecule has 124 valence electrons. The van der Waals surface area contributed by atoms with Gasteiger partial charge in [0.15, 0.2) is 5.13 Å². The Hall–Kier alpha value is -3.31. The first-order valence-electron chi connectivity index (χ1n) is 7.34. The summed E-state index contributed by atoms with van der Waals surface area (Å²) in [6.07, 6.45) is 2.31. The molecule has 0 spiro atoms. The molecule has 3 rings (SSSR count). The summed E-state index contributed by atoms with van der Waals surface area (Å²) >= 11 is 1.35. The van der Waals surface area contributed by atoms with E-state index in [9.17, 15) is 9.59 Å². The third-order valence-electron chi connectivity index (χ3n) is 3.40. The van der Waals surface area contributed by atoms with Gasteiger partial charge in [-0.05, 0) is 23.8 Å². The van der Waals surface area contributed by atoms with Crippen molar-refractivity contribution < 1.29 is 4.79 Å². The van der Waals surface area contributed by atoms with Crippen molar-refractivity contribution in [3.63, 3.8) is 0 Å². The molecule has 0 unspecified atom stereocenters. The number of thiazole rings is 1. The van der Waals surface area contributed by atoms with Crippen LogP contribution in [-0.2, 0) is 13.5 Å². The third-order valence-corrected chi connectivity index (χ3v) is 4.31. The molecule has 25 heavy (non-hydrogen) atoms. The zero-order valence-corrected chi connectivity index (χ0v) is 14.1. The highest BCUT2D eigenvalue weighted by atomic mass is 32.1. The Morgan fingerprint density at radius 1 is 1.36 bits per heavy atom. The van der Waals surface area contributed by atoms with Crippen LogP contribution in [0.3, 0.4) is 0 Å². The molecule has 0 radical (unpaired) electrons. The molecule has 0 aliphatic heterocycles. The Bertz CT molecular complexity index is 1030. The lowest BCUT2D eigenvalue weighted by Gasteiger charge is -2.02. The highest BCUT2D eigenvalue weighted by molar-refractivity contribution is 7.15. The fourth-order valence-electron chi connectivity index (χ4n) is 2.18. The fourth-order valence-corrected chi connectivity index (χ4v) is 3.03. The lowest BCUT2D eigenvalue weighted by atomic mass is 10.1. The summed E-state index contributed by atoms with van der Waals surface area (Å²) in [5, 5.41) is 16.0. The highest BCUT2D eigenvalue weighted by Gasteiger charge is 2.12. The molecule has 2 aromatic heterocycles. The average molecular weight is 351 g/mol. The van der Waals surface area contributed by atoms with Gasteiger partial charge in [-0.1, -0.05) is 12.1 Å². The van der Waals surface area contributed by atoms with Gasteiger partial charge in [0.25, 0.3) is 11.5 Å². The summed E-state index contributed by atoms with van der Waals surface area (Å²) in [4.78, 5) is 28.6. The zero-order chi connectivity index (χ0) is 17.8. The quantitative estimate of drug-likeness (QED) is 0.774. The molecule has 1 N–H and O–H groups in total. The monoisotopic (exact) mass is 351 g/mol. The van der Waals surface area contributed by atoms with Gasteiger partial charge >= 0.3 is 0 Å². The van der Waals surface area contributed by atoms with E-state index in [-0.39, 0.29) is 11.3 Å². The summed E-state index contributed by atoms with van der Waals surface area (Å²) in [6, 6.07) is 12.1. The van der Waals surface area contributed by atoms with E-state index in [0.717, 1.165) is 15.1 Å². The second-order valence-corrected chi connectivity index (χ2v) is 6.37. The number of anilines is 1. The molecule has 0 aliphatic rings. The van der Waals surface area contributed by atoms with Crippen molar-refractivity contribution in [3.05, 3.63) is 74.6 Å². The number of nitrogens with zero attached hydrogens (tertiary/aromatic N) is 4. The van der Waals surface area contributed by atoms with Crippen molar-refractivity contribution in [3.8, 4) is 6.07 Å². The van der Waals surface area contributed by atoms with Crippen LogP contribution in [-0.4, -0.2) is 20.7 Å². The number of hydrogen-bond acceptors (Lipinski definition) is 6. The van der Waals surface area contributed by atoms with E-state index in [0.29, 0.717) is 17.1 Å². The molecular weight excluding hydrogens is 338 g/mol. The van der Waals surface area contributed by atoms with Crippen LogP contribution in [0.1, 0.15) is 26.5 Å². The number of amides is 1. The maximum absolute atomic E-state index is 12.2. The van der Waals surface area contributed by atoms with Crippen LogP contribution in [0, 0.1) is 11.3 Å². The van der Waals surface area contributed by atoms with E-state index < -0.39 is 5.91 Å². The Morgan fingerprint density at radius 3 is 2.96 bits per heavy atom. The smallest absolute Gasteiger partial charge is 0.277 e. The Balaban J connectivity index is 1.70. The first kappa shape index (κ1) is 16.5. The second-order valence-electron chi connectivity index (χ2n) is 5.26. The Labute approximate surface area is 147 Å². The Kier molecular flexibility index (Phi) is 4.68. The molecular formula is C17H13N5O2S. The van der Waals surface area contributed by atoms with Gasteiger partial charge in [0.1, 0.15) is 5.69 Å². The molecule has 0 saturated heterocycles. The van der Waals surface area contributed by atoms with E-state index in [1.807, 2.05) is 18.2 Å². The van der Waals surface area contributed by atoms with Crippen molar-refractivity contribution in [2.45, 2.75) is 6.42 Å². The van der Waals surface area contributed by atoms with Crippen LogP contribution in [0.4, 0.5) is 5.13 Å². The number of carbonyl (C=O) groups excluding carboxylic acids is 1. The van der Waals surface area contributed by atoms with E-state index in [4.69, 9.17) is 5.26 Å². The van der Waals surface area contributed by atoms with Crippen LogP contribution >= 0.6 is 11.3 Å². The van der Waals surface area contributed by atoms with Crippen LogP contribution in [0.2, 0.25) is 0 Å². The summed E-state index contributed by atoms with van der Waals surface area (Å²) in [5.74, 6) is -0.428. The standard InChI is InChI=1S/C17H13N5O2S/c1-22-15(23)6-5-14(21-22)16(24)20-17-19-10-13(25-17)8-11-3-2-4-12(7-11)9-18/h2-7,10H,8H2,1H3,(H,19,20,24).